The summed E-state index contributed by atoms with van der Waals surface area (Å²) in [5.41, 5.74) is 1.40. The second-order valence-corrected chi connectivity index (χ2v) is 7.33. The summed E-state index contributed by atoms with van der Waals surface area (Å²) in [6.07, 6.45) is 3.45. The van der Waals surface area contributed by atoms with Crippen molar-refractivity contribution in [3.8, 4) is 0 Å². The number of hydrogen-bond donors (Lipinski definition) is 0. The van der Waals surface area contributed by atoms with Crippen LogP contribution in [0.2, 0.25) is 0 Å². The lowest BCUT2D eigenvalue weighted by molar-refractivity contribution is 0.0247. The van der Waals surface area contributed by atoms with Crippen LogP contribution in [-0.4, -0.2) is 29.7 Å². The van der Waals surface area contributed by atoms with Gasteiger partial charge in [-0.25, -0.2) is 9.18 Å². The Morgan fingerprint density at radius 2 is 2.14 bits per heavy atom. The van der Waals surface area contributed by atoms with Crippen molar-refractivity contribution in [2.45, 2.75) is 39.2 Å². The molecule has 1 fully saturated rings. The van der Waals surface area contributed by atoms with Crippen molar-refractivity contribution >= 4 is 28.1 Å². The highest BCUT2D eigenvalue weighted by Gasteiger charge is 2.25. The lowest BCUT2D eigenvalue weighted by atomic mass is 10.0. The molecule has 1 aliphatic rings. The Morgan fingerprint density at radius 1 is 1.41 bits per heavy atom. The fourth-order valence-corrected chi connectivity index (χ4v) is 2.71. The topological polar surface area (TPSA) is 29.5 Å². The normalized spacial score (nSPS) is 17.7. The fraction of sp³-hybridized carbons (Fsp3) is 0.471. The molecule has 3 nitrogen and oxygen atoms in total. The molecule has 1 aromatic carbocycles. The summed E-state index contributed by atoms with van der Waals surface area (Å²) in [6, 6.07) is 4.60. The van der Waals surface area contributed by atoms with Gasteiger partial charge in [-0.3, -0.25) is 0 Å². The van der Waals surface area contributed by atoms with Crippen molar-refractivity contribution in [2.75, 3.05) is 13.1 Å². The van der Waals surface area contributed by atoms with Crippen molar-refractivity contribution in [1.82, 2.24) is 4.90 Å². The fourth-order valence-electron chi connectivity index (χ4n) is 2.35. The molecule has 0 radical (unpaired) electrons. The number of nitrogens with zero attached hydrogens (tertiary/aromatic N) is 1. The van der Waals surface area contributed by atoms with E-state index in [9.17, 15) is 9.18 Å². The summed E-state index contributed by atoms with van der Waals surface area (Å²) >= 11 is 3.42. The highest BCUT2D eigenvalue weighted by molar-refractivity contribution is 9.10. The Hall–Kier alpha value is -1.36. The second-order valence-electron chi connectivity index (χ2n) is 6.47. The van der Waals surface area contributed by atoms with Gasteiger partial charge in [-0.2, -0.15) is 0 Å². The van der Waals surface area contributed by atoms with Crippen LogP contribution in [0.1, 0.15) is 39.2 Å². The Balaban J connectivity index is 2.11. The van der Waals surface area contributed by atoms with Gasteiger partial charge in [0.2, 0.25) is 0 Å². The molecule has 1 saturated heterocycles. The molecule has 120 valence electrons. The van der Waals surface area contributed by atoms with Gasteiger partial charge in [0, 0.05) is 17.6 Å². The summed E-state index contributed by atoms with van der Waals surface area (Å²) in [5, 5.41) is 0. The monoisotopic (exact) mass is 369 g/mol. The van der Waals surface area contributed by atoms with E-state index in [4.69, 9.17) is 4.74 Å². The van der Waals surface area contributed by atoms with Crippen molar-refractivity contribution in [3.05, 3.63) is 39.6 Å². The van der Waals surface area contributed by atoms with Crippen LogP contribution >= 0.6 is 15.9 Å². The minimum atomic E-state index is -0.496. The third-order valence-corrected chi connectivity index (χ3v) is 4.01. The first-order valence-corrected chi connectivity index (χ1v) is 8.16. The van der Waals surface area contributed by atoms with Gasteiger partial charge in [0.1, 0.15) is 11.4 Å². The minimum absolute atomic E-state index is 0.269. The molecule has 0 aliphatic carbocycles. The standard InChI is InChI=1S/C17H21BrFNO2/c1-17(2,3)22-16(21)20-8-4-5-12(11-20)9-13-10-14(19)6-7-15(13)18/h6-7,9-10H,4-5,8,11H2,1-3H3/b12-9+. The molecule has 0 atom stereocenters. The van der Waals surface area contributed by atoms with Crippen LogP contribution < -0.4 is 0 Å². The first-order valence-electron chi connectivity index (χ1n) is 7.37. The number of likely N-dealkylation sites (tertiary alicyclic amines) is 1. The zero-order valence-corrected chi connectivity index (χ0v) is 14.7. The van der Waals surface area contributed by atoms with Crippen LogP contribution in [0.4, 0.5) is 9.18 Å². The number of carbonyl (C=O) groups is 1. The number of benzene rings is 1. The van der Waals surface area contributed by atoms with E-state index in [1.165, 1.54) is 12.1 Å². The summed E-state index contributed by atoms with van der Waals surface area (Å²) in [7, 11) is 0. The first kappa shape index (κ1) is 17.0. The minimum Gasteiger partial charge on any atom is -0.444 e. The van der Waals surface area contributed by atoms with E-state index < -0.39 is 5.60 Å². The third kappa shape index (κ3) is 4.83. The number of piperidine rings is 1. The molecular weight excluding hydrogens is 349 g/mol. The van der Waals surface area contributed by atoms with Crippen LogP contribution in [0, 0.1) is 5.82 Å². The average Bonchev–Trinajstić information content (AvgIpc) is 2.41. The van der Waals surface area contributed by atoms with Gasteiger partial charge in [-0.05, 0) is 57.4 Å². The average molecular weight is 370 g/mol. The van der Waals surface area contributed by atoms with E-state index in [1.54, 1.807) is 11.0 Å². The van der Waals surface area contributed by atoms with Crippen LogP contribution in [0.3, 0.4) is 0 Å². The zero-order chi connectivity index (χ0) is 16.3. The predicted molar refractivity (Wildman–Crippen MR) is 89.1 cm³/mol. The Labute approximate surface area is 139 Å². The van der Waals surface area contributed by atoms with E-state index in [0.29, 0.717) is 13.1 Å². The lowest BCUT2D eigenvalue weighted by Gasteiger charge is -2.31. The van der Waals surface area contributed by atoms with Gasteiger partial charge in [0.05, 0.1) is 0 Å². The van der Waals surface area contributed by atoms with E-state index >= 15 is 0 Å². The molecule has 1 aromatic rings. The molecule has 0 N–H and O–H groups in total. The Morgan fingerprint density at radius 3 is 2.82 bits per heavy atom. The van der Waals surface area contributed by atoms with Gasteiger partial charge in [0.15, 0.2) is 0 Å². The number of rotatable bonds is 1. The Kier molecular flexibility index (Phi) is 5.27. The van der Waals surface area contributed by atoms with E-state index in [0.717, 1.165) is 28.5 Å². The maximum absolute atomic E-state index is 13.4. The number of ether oxygens (including phenoxy) is 1. The maximum atomic E-state index is 13.4. The molecule has 2 rings (SSSR count). The zero-order valence-electron chi connectivity index (χ0n) is 13.2. The van der Waals surface area contributed by atoms with Gasteiger partial charge in [0.25, 0.3) is 0 Å². The van der Waals surface area contributed by atoms with Gasteiger partial charge in [-0.1, -0.05) is 27.6 Å². The van der Waals surface area contributed by atoms with Gasteiger partial charge < -0.3 is 9.64 Å². The van der Waals surface area contributed by atoms with Crippen LogP contribution in [0.5, 0.6) is 0 Å². The van der Waals surface area contributed by atoms with Crippen molar-refractivity contribution in [1.29, 1.82) is 0 Å². The summed E-state index contributed by atoms with van der Waals surface area (Å²) in [4.78, 5) is 13.8. The number of amides is 1. The molecule has 5 heteroatoms. The lowest BCUT2D eigenvalue weighted by Crippen LogP contribution is -2.40. The number of carbonyl (C=O) groups excluding carboxylic acids is 1. The third-order valence-electron chi connectivity index (χ3n) is 3.29. The molecule has 0 unspecified atom stereocenters. The summed E-state index contributed by atoms with van der Waals surface area (Å²) in [5.74, 6) is -0.269. The summed E-state index contributed by atoms with van der Waals surface area (Å²) in [6.45, 7) is 6.79. The Bertz CT molecular complexity index is 593. The van der Waals surface area contributed by atoms with Gasteiger partial charge >= 0.3 is 6.09 Å². The predicted octanol–water partition coefficient (Wildman–Crippen LogP) is 5.00. The smallest absolute Gasteiger partial charge is 0.410 e. The number of hydrogen-bond acceptors (Lipinski definition) is 2. The molecule has 1 aliphatic heterocycles. The molecule has 1 heterocycles. The second kappa shape index (κ2) is 6.82. The van der Waals surface area contributed by atoms with Crippen LogP contribution in [-0.2, 0) is 4.74 Å². The van der Waals surface area contributed by atoms with Crippen LogP contribution in [0.25, 0.3) is 6.08 Å². The van der Waals surface area contributed by atoms with Gasteiger partial charge in [-0.15, -0.1) is 0 Å². The highest BCUT2D eigenvalue weighted by atomic mass is 79.9. The van der Waals surface area contributed by atoms with E-state index in [2.05, 4.69) is 15.9 Å². The first-order chi connectivity index (χ1) is 10.2. The van der Waals surface area contributed by atoms with Crippen molar-refractivity contribution in [3.63, 3.8) is 0 Å². The summed E-state index contributed by atoms with van der Waals surface area (Å²) < 4.78 is 19.6. The molecule has 22 heavy (non-hydrogen) atoms. The largest absolute Gasteiger partial charge is 0.444 e. The molecule has 1 amide bonds. The molecular formula is C17H21BrFNO2. The van der Waals surface area contributed by atoms with E-state index in [1.807, 2.05) is 26.8 Å². The number of halogens is 2. The molecule has 0 saturated carbocycles. The molecule has 0 bridgehead atoms. The maximum Gasteiger partial charge on any atom is 0.410 e. The van der Waals surface area contributed by atoms with E-state index in [-0.39, 0.29) is 11.9 Å². The van der Waals surface area contributed by atoms with Crippen molar-refractivity contribution < 1.29 is 13.9 Å². The quantitative estimate of drug-likeness (QED) is 0.696. The molecule has 0 aromatic heterocycles. The molecule has 0 spiro atoms. The van der Waals surface area contributed by atoms with Crippen molar-refractivity contribution in [2.24, 2.45) is 0 Å². The SMILES string of the molecule is CC(C)(C)OC(=O)N1CCC/C(=C\c2cc(F)ccc2Br)C1. The van der Waals surface area contributed by atoms with Crippen LogP contribution in [0.15, 0.2) is 28.2 Å². The highest BCUT2D eigenvalue weighted by Crippen LogP contribution is 2.25.